The van der Waals surface area contributed by atoms with Crippen LogP contribution >= 0.6 is 0 Å². The molecule has 0 aliphatic carbocycles. The predicted octanol–water partition coefficient (Wildman–Crippen LogP) is -2.98. The quantitative estimate of drug-likeness (QED) is 0.427. The average Bonchev–Trinajstić information content (AvgIpc) is 2.15. The van der Waals surface area contributed by atoms with Crippen LogP contribution in [0.5, 0.6) is 0 Å². The monoisotopic (exact) mass is 254 g/mol. The van der Waals surface area contributed by atoms with Crippen molar-refractivity contribution in [2.45, 2.75) is 4.90 Å². The molecule has 0 aromatic heterocycles. The fourth-order valence-corrected chi connectivity index (χ4v) is 1.60. The van der Waals surface area contributed by atoms with Crippen molar-refractivity contribution in [1.29, 1.82) is 0 Å². The van der Waals surface area contributed by atoms with Gasteiger partial charge in [0.1, 0.15) is 16.8 Å². The van der Waals surface area contributed by atoms with E-state index in [1.807, 2.05) is 0 Å². The maximum absolute atomic E-state index is 10.7. The molecule has 1 N–H and O–H groups in total. The molecule has 0 fully saturated rings. The molecule has 0 radical (unpaired) electrons. The average molecular weight is 254 g/mol. The second kappa shape index (κ2) is 5.58. The summed E-state index contributed by atoms with van der Waals surface area (Å²) in [7, 11) is -4.52. The van der Waals surface area contributed by atoms with E-state index in [-0.39, 0.29) is 43.0 Å². The zero-order valence-corrected chi connectivity index (χ0v) is 7.54. The van der Waals surface area contributed by atoms with Crippen molar-refractivity contribution in [3.63, 3.8) is 0 Å². The molecule has 15 heavy (non-hydrogen) atoms. The van der Waals surface area contributed by atoms with Crippen LogP contribution in [0.4, 0.5) is 0 Å². The molecule has 0 atom stereocenters. The molecular weight excluding hydrogens is 248 g/mol. The Morgan fingerprint density at radius 2 is 1.73 bits per heavy atom. The van der Waals surface area contributed by atoms with Crippen LogP contribution in [0.2, 0.25) is 0 Å². The molecule has 76 valence electrons. The van der Waals surface area contributed by atoms with Gasteiger partial charge in [-0.3, -0.25) is 4.55 Å². The third-order valence-corrected chi connectivity index (χ3v) is 2.41. The summed E-state index contributed by atoms with van der Waals surface area (Å²) >= 11 is 0. The van der Waals surface area contributed by atoms with E-state index in [0.29, 0.717) is 0 Å². The van der Waals surface area contributed by atoms with E-state index >= 15 is 0 Å². The Hall–Kier alpha value is -0.450. The predicted molar refractivity (Wildman–Crippen MR) is 53.6 cm³/mol. The van der Waals surface area contributed by atoms with Gasteiger partial charge in [-0.05, 0) is 12.1 Å². The summed E-state index contributed by atoms with van der Waals surface area (Å²) in [6, 6.07) is 3.41. The first-order valence-electron chi connectivity index (χ1n) is 3.37. The molecule has 0 unspecified atom stereocenters. The zero-order chi connectivity index (χ0) is 10.8. The van der Waals surface area contributed by atoms with Crippen molar-refractivity contribution in [1.82, 2.24) is 0 Å². The van der Waals surface area contributed by atoms with E-state index in [1.165, 1.54) is 24.0 Å². The van der Waals surface area contributed by atoms with Crippen LogP contribution in [-0.4, -0.2) is 62.6 Å². The van der Waals surface area contributed by atoms with Gasteiger partial charge in [0.25, 0.3) is 10.1 Å². The summed E-state index contributed by atoms with van der Waals surface area (Å²) < 4.78 is 30.1. The van der Waals surface area contributed by atoms with Crippen molar-refractivity contribution in [3.05, 3.63) is 28.6 Å². The van der Waals surface area contributed by atoms with E-state index in [1.54, 1.807) is 0 Å². The molecule has 1 rings (SSSR count). The molecule has 0 heterocycles. The Morgan fingerprint density at radius 1 is 1.13 bits per heavy atom. The molecule has 7 heteroatoms. The topological polar surface area (TPSA) is 88.5 Å². The van der Waals surface area contributed by atoms with Crippen LogP contribution in [0.15, 0.2) is 23.1 Å². The number of benzene rings is 1. The van der Waals surface area contributed by atoms with Gasteiger partial charge in [-0.25, -0.2) is 9.59 Å². The fourth-order valence-electron chi connectivity index (χ4n) is 0.936. The summed E-state index contributed by atoms with van der Waals surface area (Å²) in [5.41, 5.74) is 0. The summed E-state index contributed by atoms with van der Waals surface area (Å²) in [4.78, 5) is 20.0. The molecule has 0 spiro atoms. The van der Waals surface area contributed by atoms with Crippen LogP contribution in [0, 0.1) is 0 Å². The molecule has 1 aromatic rings. The summed E-state index contributed by atoms with van der Waals surface area (Å²) in [6.07, 6.45) is 0. The van der Waals surface area contributed by atoms with E-state index < -0.39 is 20.2 Å². The van der Waals surface area contributed by atoms with Crippen molar-refractivity contribution in [3.8, 4) is 0 Å². The molecule has 0 bridgehead atoms. The minimum absolute atomic E-state index is 0. The molecular formula is C8H6CaO5S. The second-order valence-electron chi connectivity index (χ2n) is 2.36. The van der Waals surface area contributed by atoms with Crippen molar-refractivity contribution < 1.29 is 22.6 Å². The summed E-state index contributed by atoms with van der Waals surface area (Å²) in [5.74, 6) is 2.64. The molecule has 0 aliphatic rings. The standard InChI is InChI=1S/C8H4O5S.Ca.2H/c9-4-6-2-1-3-8(7(6)5-10)14(11,12)13;;;/h1-3H,(H,11,12,13);;;. The van der Waals surface area contributed by atoms with Gasteiger partial charge in [0.2, 0.25) is 0 Å². The van der Waals surface area contributed by atoms with E-state index in [0.717, 1.165) is 6.07 Å². The molecule has 0 saturated carbocycles. The SMILES string of the molecule is O=C=c1cccc(S(=O)(=O)O)c1=C=O.[CaH2]. The van der Waals surface area contributed by atoms with Gasteiger partial charge in [-0.15, -0.1) is 0 Å². The third-order valence-electron chi connectivity index (χ3n) is 1.52. The van der Waals surface area contributed by atoms with E-state index in [4.69, 9.17) is 4.55 Å². The molecule has 0 amide bonds. The number of hydrogen-bond acceptors (Lipinski definition) is 4. The Bertz CT molecular complexity index is 623. The van der Waals surface area contributed by atoms with Crippen LogP contribution in [-0.2, 0) is 19.7 Å². The summed E-state index contributed by atoms with van der Waals surface area (Å²) in [6.45, 7) is 0. The van der Waals surface area contributed by atoms with Gasteiger partial charge < -0.3 is 0 Å². The second-order valence-corrected chi connectivity index (χ2v) is 3.75. The number of rotatable bonds is 1. The van der Waals surface area contributed by atoms with Crippen LogP contribution in [0.3, 0.4) is 0 Å². The van der Waals surface area contributed by atoms with Gasteiger partial charge >= 0.3 is 37.7 Å². The molecule has 0 saturated heterocycles. The normalized spacial score (nSPS) is 9.67. The Labute approximate surface area is 115 Å². The van der Waals surface area contributed by atoms with Gasteiger partial charge in [-0.1, -0.05) is 6.07 Å². The van der Waals surface area contributed by atoms with Crippen molar-refractivity contribution >= 4 is 59.7 Å². The first-order chi connectivity index (χ1) is 6.50. The van der Waals surface area contributed by atoms with E-state index in [2.05, 4.69) is 0 Å². The Kier molecular flexibility index (Phi) is 5.42. The van der Waals surface area contributed by atoms with Crippen LogP contribution < -0.4 is 10.4 Å². The third kappa shape index (κ3) is 3.26. The minimum atomic E-state index is -4.52. The zero-order valence-electron chi connectivity index (χ0n) is 6.72. The number of carbonyl (C=O) groups excluding carboxylic acids is 2. The van der Waals surface area contributed by atoms with Crippen molar-refractivity contribution in [2.24, 2.45) is 0 Å². The number of hydrogen-bond donors (Lipinski definition) is 1. The van der Waals surface area contributed by atoms with Crippen LogP contribution in [0.25, 0.3) is 0 Å². The van der Waals surface area contributed by atoms with Gasteiger partial charge in [0, 0.05) is 0 Å². The maximum atomic E-state index is 10.7. The molecule has 0 aliphatic heterocycles. The first-order valence-corrected chi connectivity index (χ1v) is 4.81. The summed E-state index contributed by atoms with van der Waals surface area (Å²) in [5, 5.41) is -0.764. The van der Waals surface area contributed by atoms with Gasteiger partial charge in [0.05, 0.1) is 10.4 Å². The van der Waals surface area contributed by atoms with Gasteiger partial charge in [-0.2, -0.15) is 8.42 Å². The van der Waals surface area contributed by atoms with Gasteiger partial charge in [0.15, 0.2) is 0 Å². The van der Waals surface area contributed by atoms with E-state index in [9.17, 15) is 18.0 Å². The Morgan fingerprint density at radius 3 is 2.13 bits per heavy atom. The fraction of sp³-hybridized carbons (Fsp3) is 0. The first kappa shape index (κ1) is 14.5. The van der Waals surface area contributed by atoms with Crippen LogP contribution in [0.1, 0.15) is 0 Å². The Balaban J connectivity index is 0.00000196. The molecule has 1 aromatic carbocycles. The van der Waals surface area contributed by atoms with Crippen molar-refractivity contribution in [2.75, 3.05) is 0 Å². The molecule has 5 nitrogen and oxygen atoms in total.